The summed E-state index contributed by atoms with van der Waals surface area (Å²) in [5.41, 5.74) is 10.9. The van der Waals surface area contributed by atoms with Gasteiger partial charge in [-0.15, -0.1) is 0 Å². The largest absolute Gasteiger partial charge is 0.410 e. The Hall–Kier alpha value is -1.81. The molecule has 3 N–H and O–H groups in total. The van der Waals surface area contributed by atoms with Gasteiger partial charge in [-0.1, -0.05) is 33.2 Å². The van der Waals surface area contributed by atoms with Crippen LogP contribution in [0.5, 0.6) is 0 Å². The van der Waals surface area contributed by atoms with E-state index in [1.54, 1.807) is 0 Å². The van der Waals surface area contributed by atoms with Crippen LogP contribution < -0.4 is 5.73 Å². The van der Waals surface area contributed by atoms with Gasteiger partial charge >= 0.3 is 0 Å². The molecule has 1 aliphatic carbocycles. The van der Waals surface area contributed by atoms with Crippen molar-refractivity contribution in [3.63, 3.8) is 0 Å². The van der Waals surface area contributed by atoms with Crippen molar-refractivity contribution in [2.24, 2.45) is 5.16 Å². The first-order chi connectivity index (χ1) is 8.20. The first-order valence-corrected chi connectivity index (χ1v) is 5.92. The molecular formula is C13H9BrN2O. The van der Waals surface area contributed by atoms with Gasteiger partial charge < -0.3 is 10.9 Å². The highest BCUT2D eigenvalue weighted by atomic mass is 79.9. The standard InChI is InChI=1S/C13H9BrN2O/c14-7-1-3-9-10-4-2-8(15)6-12(10)13(16-17)11(9)5-7/h1-6,17H,15H2. The van der Waals surface area contributed by atoms with Gasteiger partial charge in [-0.05, 0) is 35.4 Å². The lowest BCUT2D eigenvalue weighted by Gasteiger charge is -2.00. The fraction of sp³-hybridized carbons (Fsp3) is 0. The summed E-state index contributed by atoms with van der Waals surface area (Å²) < 4.78 is 0.957. The normalized spacial score (nSPS) is 14.8. The minimum Gasteiger partial charge on any atom is -0.410 e. The fourth-order valence-electron chi connectivity index (χ4n) is 2.19. The number of benzene rings is 2. The minimum atomic E-state index is 0.573. The van der Waals surface area contributed by atoms with Crippen molar-refractivity contribution in [1.29, 1.82) is 0 Å². The van der Waals surface area contributed by atoms with Gasteiger partial charge in [0.2, 0.25) is 0 Å². The van der Waals surface area contributed by atoms with Crippen molar-refractivity contribution in [2.45, 2.75) is 0 Å². The topological polar surface area (TPSA) is 58.6 Å². The van der Waals surface area contributed by atoms with Crippen LogP contribution in [0.2, 0.25) is 0 Å². The highest BCUT2D eigenvalue weighted by molar-refractivity contribution is 9.10. The Bertz CT molecular complexity index is 596. The third-order valence-corrected chi connectivity index (χ3v) is 3.42. The van der Waals surface area contributed by atoms with E-state index in [0.29, 0.717) is 11.4 Å². The zero-order chi connectivity index (χ0) is 12.0. The highest BCUT2D eigenvalue weighted by Crippen LogP contribution is 2.38. The number of nitrogens with zero attached hydrogens (tertiary/aromatic N) is 1. The Balaban J connectivity index is 2.37. The molecule has 0 spiro atoms. The Labute approximate surface area is 107 Å². The van der Waals surface area contributed by atoms with Gasteiger partial charge in [0.25, 0.3) is 0 Å². The SMILES string of the molecule is Nc1ccc2c(c1)C(=NO)c1cc(Br)ccc1-2. The van der Waals surface area contributed by atoms with Crippen molar-refractivity contribution < 1.29 is 5.21 Å². The van der Waals surface area contributed by atoms with E-state index < -0.39 is 0 Å². The predicted molar refractivity (Wildman–Crippen MR) is 71.4 cm³/mol. The Morgan fingerprint density at radius 2 is 1.59 bits per heavy atom. The third-order valence-electron chi connectivity index (χ3n) is 2.93. The predicted octanol–water partition coefficient (Wildman–Crippen LogP) is 3.24. The molecule has 84 valence electrons. The van der Waals surface area contributed by atoms with E-state index in [-0.39, 0.29) is 0 Å². The number of nitrogens with two attached hydrogens (primary N) is 1. The van der Waals surface area contributed by atoms with E-state index in [1.807, 2.05) is 36.4 Å². The molecule has 0 fully saturated rings. The monoisotopic (exact) mass is 288 g/mol. The molecule has 0 aliphatic heterocycles. The first-order valence-electron chi connectivity index (χ1n) is 5.13. The number of oxime groups is 1. The van der Waals surface area contributed by atoms with E-state index in [4.69, 9.17) is 5.73 Å². The van der Waals surface area contributed by atoms with Crippen molar-refractivity contribution in [3.8, 4) is 11.1 Å². The summed E-state index contributed by atoms with van der Waals surface area (Å²) in [5.74, 6) is 0. The van der Waals surface area contributed by atoms with E-state index in [0.717, 1.165) is 26.7 Å². The second-order valence-electron chi connectivity index (χ2n) is 3.94. The Kier molecular flexibility index (Phi) is 2.19. The van der Waals surface area contributed by atoms with Crippen LogP contribution in [-0.2, 0) is 0 Å². The average Bonchev–Trinajstić information content (AvgIpc) is 2.60. The summed E-state index contributed by atoms with van der Waals surface area (Å²) in [6.07, 6.45) is 0. The number of rotatable bonds is 0. The summed E-state index contributed by atoms with van der Waals surface area (Å²) in [5, 5.41) is 12.6. The van der Waals surface area contributed by atoms with E-state index in [9.17, 15) is 5.21 Å². The smallest absolute Gasteiger partial charge is 0.118 e. The molecule has 3 rings (SSSR count). The maximum atomic E-state index is 9.17. The second kappa shape index (κ2) is 3.60. The van der Waals surface area contributed by atoms with Crippen LogP contribution in [0.1, 0.15) is 11.1 Å². The van der Waals surface area contributed by atoms with Crippen LogP contribution in [0.25, 0.3) is 11.1 Å². The van der Waals surface area contributed by atoms with Crippen LogP contribution >= 0.6 is 15.9 Å². The summed E-state index contributed by atoms with van der Waals surface area (Å²) in [6.45, 7) is 0. The number of hydrogen-bond acceptors (Lipinski definition) is 3. The lowest BCUT2D eigenvalue weighted by molar-refractivity contribution is 0.320. The molecule has 0 bridgehead atoms. The highest BCUT2D eigenvalue weighted by Gasteiger charge is 2.25. The molecule has 0 radical (unpaired) electrons. The summed E-state index contributed by atoms with van der Waals surface area (Å²) in [4.78, 5) is 0. The molecule has 4 heteroatoms. The first kappa shape index (κ1) is 10.4. The van der Waals surface area contributed by atoms with Gasteiger partial charge in [-0.2, -0.15) is 0 Å². The van der Waals surface area contributed by atoms with Crippen LogP contribution in [0, 0.1) is 0 Å². The molecule has 1 aliphatic rings. The molecule has 0 unspecified atom stereocenters. The molecule has 2 aromatic rings. The van der Waals surface area contributed by atoms with Gasteiger partial charge in [0.15, 0.2) is 0 Å². The molecule has 0 saturated heterocycles. The number of halogens is 1. The maximum absolute atomic E-state index is 9.17. The number of anilines is 1. The lowest BCUT2D eigenvalue weighted by atomic mass is 10.1. The van der Waals surface area contributed by atoms with Crippen LogP contribution in [0.15, 0.2) is 46.0 Å². The molecule has 0 heterocycles. The molecule has 0 aromatic heterocycles. The van der Waals surface area contributed by atoms with Gasteiger partial charge in [-0.3, -0.25) is 0 Å². The van der Waals surface area contributed by atoms with Crippen molar-refractivity contribution in [1.82, 2.24) is 0 Å². The van der Waals surface area contributed by atoms with Gasteiger partial charge in [0.1, 0.15) is 5.71 Å². The van der Waals surface area contributed by atoms with Crippen molar-refractivity contribution in [3.05, 3.63) is 52.0 Å². The van der Waals surface area contributed by atoms with Crippen LogP contribution in [0.4, 0.5) is 5.69 Å². The third kappa shape index (κ3) is 1.45. The molecular weight excluding hydrogens is 280 g/mol. The number of fused-ring (bicyclic) bond motifs is 3. The van der Waals surface area contributed by atoms with Crippen molar-refractivity contribution >= 4 is 27.3 Å². The average molecular weight is 289 g/mol. The van der Waals surface area contributed by atoms with E-state index in [2.05, 4.69) is 21.1 Å². The molecule has 3 nitrogen and oxygen atoms in total. The van der Waals surface area contributed by atoms with Crippen LogP contribution in [0.3, 0.4) is 0 Å². The molecule has 0 atom stereocenters. The summed E-state index contributed by atoms with van der Waals surface area (Å²) >= 11 is 3.42. The van der Waals surface area contributed by atoms with Crippen molar-refractivity contribution in [2.75, 3.05) is 5.73 Å². The maximum Gasteiger partial charge on any atom is 0.118 e. The van der Waals surface area contributed by atoms with E-state index in [1.165, 1.54) is 0 Å². The molecule has 0 saturated carbocycles. The van der Waals surface area contributed by atoms with Crippen LogP contribution in [-0.4, -0.2) is 10.9 Å². The second-order valence-corrected chi connectivity index (χ2v) is 4.86. The minimum absolute atomic E-state index is 0.573. The Morgan fingerprint density at radius 1 is 0.941 bits per heavy atom. The summed E-state index contributed by atoms with van der Waals surface area (Å²) in [7, 11) is 0. The van der Waals surface area contributed by atoms with Gasteiger partial charge in [0, 0.05) is 21.3 Å². The summed E-state index contributed by atoms with van der Waals surface area (Å²) in [6, 6.07) is 11.6. The Morgan fingerprint density at radius 3 is 2.29 bits per heavy atom. The zero-order valence-corrected chi connectivity index (χ0v) is 10.4. The quantitative estimate of drug-likeness (QED) is 0.379. The van der Waals surface area contributed by atoms with Gasteiger partial charge in [-0.25, -0.2) is 0 Å². The number of hydrogen-bond donors (Lipinski definition) is 2. The molecule has 0 amide bonds. The molecule has 17 heavy (non-hydrogen) atoms. The lowest BCUT2D eigenvalue weighted by Crippen LogP contribution is -1.98. The number of nitrogen functional groups attached to an aromatic ring is 1. The molecule has 2 aromatic carbocycles. The van der Waals surface area contributed by atoms with Gasteiger partial charge in [0.05, 0.1) is 0 Å². The zero-order valence-electron chi connectivity index (χ0n) is 8.81. The fourth-order valence-corrected chi connectivity index (χ4v) is 2.55. The van der Waals surface area contributed by atoms with E-state index >= 15 is 0 Å².